The van der Waals surface area contributed by atoms with Crippen LogP contribution in [0.5, 0.6) is 0 Å². The average Bonchev–Trinajstić information content (AvgIpc) is 3.17. The van der Waals surface area contributed by atoms with Gasteiger partial charge in [-0.3, -0.25) is 9.59 Å². The second-order valence-electron chi connectivity index (χ2n) is 7.02. The van der Waals surface area contributed by atoms with Crippen molar-refractivity contribution in [3.8, 4) is 0 Å². The molecule has 1 saturated carbocycles. The summed E-state index contributed by atoms with van der Waals surface area (Å²) in [6, 6.07) is 0. The molecule has 2 bridgehead atoms. The van der Waals surface area contributed by atoms with Crippen LogP contribution in [0.1, 0.15) is 26.2 Å². The Bertz CT molecular complexity index is 695. The van der Waals surface area contributed by atoms with Gasteiger partial charge in [0.2, 0.25) is 0 Å². The molecule has 0 aromatic rings. The Labute approximate surface area is 135 Å². The zero-order chi connectivity index (χ0) is 16.4. The fraction of sp³-hybridized carbons (Fsp3) is 0.625. The molecule has 0 spiro atoms. The van der Waals surface area contributed by atoms with Crippen LogP contribution in [0.3, 0.4) is 0 Å². The zero-order valence-electron chi connectivity index (χ0n) is 12.8. The summed E-state index contributed by atoms with van der Waals surface area (Å²) >= 11 is 0. The average molecular weight is 337 g/mol. The number of carbonyl (C=O) groups excluding carboxylic acids is 2. The third kappa shape index (κ3) is 2.21. The largest absolute Gasteiger partial charge is 0.295 e. The summed E-state index contributed by atoms with van der Waals surface area (Å²) in [5, 5.41) is -0.280. The van der Waals surface area contributed by atoms with E-state index in [0.717, 1.165) is 12.8 Å². The number of carbonyl (C=O) groups is 2. The highest BCUT2D eigenvalue weighted by Gasteiger charge is 2.61. The number of rotatable bonds is 3. The van der Waals surface area contributed by atoms with Gasteiger partial charge in [0, 0.05) is 0 Å². The molecule has 2 amide bonds. The van der Waals surface area contributed by atoms with Crippen LogP contribution in [0.2, 0.25) is 0 Å². The van der Waals surface area contributed by atoms with Crippen LogP contribution in [0, 0.1) is 29.6 Å². The highest BCUT2D eigenvalue weighted by atomic mass is 32.2. The van der Waals surface area contributed by atoms with Crippen molar-refractivity contribution in [3.05, 3.63) is 24.3 Å². The molecule has 1 aliphatic heterocycles. The first-order valence-electron chi connectivity index (χ1n) is 8.06. The van der Waals surface area contributed by atoms with E-state index < -0.39 is 39.0 Å². The highest BCUT2D eigenvalue weighted by Crippen LogP contribution is 2.52. The van der Waals surface area contributed by atoms with Crippen molar-refractivity contribution in [1.29, 1.82) is 0 Å². The van der Waals surface area contributed by atoms with E-state index in [9.17, 15) is 18.0 Å². The van der Waals surface area contributed by atoms with Crippen molar-refractivity contribution in [3.63, 3.8) is 0 Å². The predicted molar refractivity (Wildman–Crippen MR) is 80.9 cm³/mol. The summed E-state index contributed by atoms with van der Waals surface area (Å²) in [6.07, 6.45) is 9.33. The van der Waals surface area contributed by atoms with E-state index in [2.05, 4.69) is 0 Å². The summed E-state index contributed by atoms with van der Waals surface area (Å²) in [5.74, 6) is -1.51. The van der Waals surface area contributed by atoms with Crippen LogP contribution in [0.4, 0.5) is 0 Å². The van der Waals surface area contributed by atoms with Gasteiger partial charge in [0.1, 0.15) is 5.25 Å². The Morgan fingerprint density at radius 2 is 1.61 bits per heavy atom. The first-order valence-corrected chi connectivity index (χ1v) is 9.53. The van der Waals surface area contributed by atoms with Crippen LogP contribution in [0.15, 0.2) is 24.3 Å². The van der Waals surface area contributed by atoms with E-state index in [1.165, 1.54) is 0 Å². The normalized spacial score (nSPS) is 41.9. The lowest BCUT2D eigenvalue weighted by atomic mass is 9.85. The molecule has 2 fully saturated rings. The molecular weight excluding hydrogens is 318 g/mol. The van der Waals surface area contributed by atoms with Crippen LogP contribution in [-0.2, 0) is 24.0 Å². The zero-order valence-corrected chi connectivity index (χ0v) is 13.6. The molecule has 0 aromatic carbocycles. The molecule has 23 heavy (non-hydrogen) atoms. The monoisotopic (exact) mass is 337 g/mol. The first-order chi connectivity index (χ1) is 10.9. The van der Waals surface area contributed by atoms with Crippen molar-refractivity contribution >= 4 is 21.9 Å². The van der Waals surface area contributed by atoms with Crippen molar-refractivity contribution in [2.45, 2.75) is 31.4 Å². The molecule has 7 heteroatoms. The Hall–Kier alpha value is -1.47. The molecule has 4 rings (SSSR count). The maximum Gasteiger partial charge on any atom is 0.295 e. The van der Waals surface area contributed by atoms with E-state index in [-0.39, 0.29) is 11.8 Å². The summed E-state index contributed by atoms with van der Waals surface area (Å²) < 4.78 is 29.8. The summed E-state index contributed by atoms with van der Waals surface area (Å²) in [4.78, 5) is 24.9. The van der Waals surface area contributed by atoms with Gasteiger partial charge in [-0.1, -0.05) is 31.2 Å². The van der Waals surface area contributed by atoms with E-state index in [1.807, 2.05) is 25.2 Å². The third-order valence-corrected chi connectivity index (χ3v) is 7.03. The minimum Gasteiger partial charge on any atom is -0.272 e. The highest BCUT2D eigenvalue weighted by molar-refractivity contribution is 7.87. The molecule has 1 saturated heterocycles. The predicted octanol–water partition coefficient (Wildman–Crippen LogP) is 1.41. The van der Waals surface area contributed by atoms with Gasteiger partial charge >= 0.3 is 0 Å². The molecule has 124 valence electrons. The van der Waals surface area contributed by atoms with E-state index >= 15 is 0 Å². The fourth-order valence-electron chi connectivity index (χ4n) is 4.28. The second-order valence-corrected chi connectivity index (χ2v) is 8.76. The van der Waals surface area contributed by atoms with Gasteiger partial charge in [-0.15, -0.1) is 9.35 Å². The Morgan fingerprint density at radius 3 is 2.13 bits per heavy atom. The summed E-state index contributed by atoms with van der Waals surface area (Å²) in [5.41, 5.74) is 0. The number of allylic oxidation sites excluding steroid dienone is 3. The molecule has 4 unspecified atom stereocenters. The van der Waals surface area contributed by atoms with Gasteiger partial charge in [-0.2, -0.15) is 8.42 Å². The van der Waals surface area contributed by atoms with E-state index in [4.69, 9.17) is 4.28 Å². The number of amides is 2. The van der Waals surface area contributed by atoms with Crippen LogP contribution >= 0.6 is 0 Å². The Morgan fingerprint density at radius 1 is 1.00 bits per heavy atom. The third-order valence-electron chi connectivity index (χ3n) is 5.54. The Kier molecular flexibility index (Phi) is 3.29. The topological polar surface area (TPSA) is 80.8 Å². The smallest absolute Gasteiger partial charge is 0.272 e. The van der Waals surface area contributed by atoms with E-state index in [0.29, 0.717) is 17.4 Å². The molecular formula is C16H19NO5S. The number of fused-ring (bicyclic) bond motifs is 5. The van der Waals surface area contributed by atoms with Crippen molar-refractivity contribution in [2.24, 2.45) is 29.6 Å². The van der Waals surface area contributed by atoms with Gasteiger partial charge in [0.25, 0.3) is 21.9 Å². The number of imide groups is 1. The van der Waals surface area contributed by atoms with Gasteiger partial charge in [0.15, 0.2) is 0 Å². The fourth-order valence-corrected chi connectivity index (χ4v) is 5.45. The SMILES string of the molecule is CC1C=CC(S(=O)(=O)ON2C(=O)C3[C@H](C2=O)C2C=C[C@H]3C2)CC1. The maximum absolute atomic E-state index is 12.5. The van der Waals surface area contributed by atoms with Crippen LogP contribution in [-0.4, -0.2) is 30.5 Å². The van der Waals surface area contributed by atoms with Crippen molar-refractivity contribution in [1.82, 2.24) is 5.06 Å². The Balaban J connectivity index is 1.55. The lowest BCUT2D eigenvalue weighted by Crippen LogP contribution is -2.38. The first kappa shape index (κ1) is 15.1. The summed E-state index contributed by atoms with van der Waals surface area (Å²) in [7, 11) is -4.02. The molecule has 0 aromatic heterocycles. The van der Waals surface area contributed by atoms with Gasteiger partial charge < -0.3 is 0 Å². The van der Waals surface area contributed by atoms with Gasteiger partial charge in [-0.05, 0) is 37.0 Å². The lowest BCUT2D eigenvalue weighted by Gasteiger charge is -2.22. The standard InChI is InChI=1S/C16H19NO5S/c1-9-2-6-12(7-3-9)23(20,21)22-17-15(18)13-10-4-5-11(8-10)14(13)16(17)19/h2,4-6,9-14H,3,7-8H2,1H3/t9?,10-,11?,12?,13?,14+/m0/s1. The molecule has 6 atom stereocenters. The minimum atomic E-state index is -4.02. The summed E-state index contributed by atoms with van der Waals surface area (Å²) in [6.45, 7) is 2.01. The molecule has 3 aliphatic carbocycles. The molecule has 0 radical (unpaired) electrons. The van der Waals surface area contributed by atoms with Crippen molar-refractivity contribution in [2.75, 3.05) is 0 Å². The molecule has 1 heterocycles. The lowest BCUT2D eigenvalue weighted by molar-refractivity contribution is -0.166. The van der Waals surface area contributed by atoms with Crippen molar-refractivity contribution < 1.29 is 22.3 Å². The molecule has 0 N–H and O–H groups in total. The second kappa shape index (κ2) is 5.01. The molecule has 6 nitrogen and oxygen atoms in total. The number of nitrogens with zero attached hydrogens (tertiary/aromatic N) is 1. The maximum atomic E-state index is 12.5. The van der Waals surface area contributed by atoms with Crippen LogP contribution < -0.4 is 0 Å². The number of hydrogen-bond donors (Lipinski definition) is 0. The number of hydrogen-bond acceptors (Lipinski definition) is 5. The minimum absolute atomic E-state index is 0.0354. The quantitative estimate of drug-likeness (QED) is 0.574. The van der Waals surface area contributed by atoms with Crippen LogP contribution in [0.25, 0.3) is 0 Å². The van der Waals surface area contributed by atoms with Gasteiger partial charge in [-0.25, -0.2) is 0 Å². The molecule has 4 aliphatic rings. The number of hydroxylamine groups is 2. The van der Waals surface area contributed by atoms with Gasteiger partial charge in [0.05, 0.1) is 11.8 Å². The van der Waals surface area contributed by atoms with E-state index in [1.54, 1.807) is 6.08 Å².